The summed E-state index contributed by atoms with van der Waals surface area (Å²) in [6.45, 7) is 0. The standard InChI is InChI=1S/C21H22O4.Na/c22-19(15-8-12-18-10-4-3-5-11-18)13-6-1-2-7-14-20(23)16-9-17-21(24)25;/h1-6,10-11,13,19-20,22-23H,9,15-17H2,(H,24,25);/q;+1/p-1/b2-1+,13-6+;/t19-,20-;/m0./s1. The summed E-state index contributed by atoms with van der Waals surface area (Å²) in [6.07, 6.45) is 5.82. The van der Waals surface area contributed by atoms with Crippen molar-refractivity contribution >= 4 is 5.97 Å². The number of carbonyl (C=O) groups is 1. The molecule has 2 N–H and O–H groups in total. The summed E-state index contributed by atoms with van der Waals surface area (Å²) in [4.78, 5) is 10.2. The molecule has 26 heavy (non-hydrogen) atoms. The first-order chi connectivity index (χ1) is 12.1. The summed E-state index contributed by atoms with van der Waals surface area (Å²) >= 11 is 0. The Morgan fingerprint density at radius 2 is 1.92 bits per heavy atom. The van der Waals surface area contributed by atoms with Gasteiger partial charge in [-0.05, 0) is 37.5 Å². The maximum absolute atomic E-state index is 10.2. The van der Waals surface area contributed by atoms with Gasteiger partial charge < -0.3 is 20.1 Å². The number of aliphatic hydroxyl groups excluding tert-OH is 2. The van der Waals surface area contributed by atoms with Gasteiger partial charge in [0.15, 0.2) is 0 Å². The van der Waals surface area contributed by atoms with E-state index in [0.29, 0.717) is 19.3 Å². The van der Waals surface area contributed by atoms with Crippen molar-refractivity contribution in [1.29, 1.82) is 0 Å². The van der Waals surface area contributed by atoms with Gasteiger partial charge >= 0.3 is 29.6 Å². The molecule has 1 rings (SSSR count). The number of rotatable bonds is 7. The Kier molecular flexibility index (Phi) is 14.4. The fourth-order valence-electron chi connectivity index (χ4n) is 1.80. The first-order valence-corrected chi connectivity index (χ1v) is 8.02. The molecule has 2 atom stereocenters. The number of carboxylic acid groups (broad SMARTS) is 1. The third-order valence-corrected chi connectivity index (χ3v) is 3.05. The van der Waals surface area contributed by atoms with Gasteiger partial charge in [0.25, 0.3) is 0 Å². The normalized spacial score (nSPS) is 12.4. The van der Waals surface area contributed by atoms with Crippen LogP contribution < -0.4 is 34.7 Å². The Bertz CT molecular complexity index is 702. The summed E-state index contributed by atoms with van der Waals surface area (Å²) in [7, 11) is 0. The van der Waals surface area contributed by atoms with Gasteiger partial charge in [0.05, 0.1) is 6.10 Å². The van der Waals surface area contributed by atoms with Crippen molar-refractivity contribution in [3.05, 3.63) is 60.2 Å². The largest absolute Gasteiger partial charge is 1.00 e. The van der Waals surface area contributed by atoms with Crippen molar-refractivity contribution in [3.8, 4) is 23.7 Å². The molecule has 0 saturated carbocycles. The number of allylic oxidation sites excluding steroid dienone is 3. The molecule has 0 unspecified atom stereocenters. The quantitative estimate of drug-likeness (QED) is 0.341. The van der Waals surface area contributed by atoms with E-state index in [4.69, 9.17) is 0 Å². The van der Waals surface area contributed by atoms with Gasteiger partial charge in [0, 0.05) is 18.0 Å². The van der Waals surface area contributed by atoms with Gasteiger partial charge in [-0.15, -0.1) is 0 Å². The number of benzene rings is 1. The Morgan fingerprint density at radius 3 is 2.62 bits per heavy atom. The Balaban J connectivity index is 0.00000625. The molecule has 0 heterocycles. The number of carboxylic acids is 1. The first kappa shape index (κ1) is 24.2. The van der Waals surface area contributed by atoms with Gasteiger partial charge in [-0.3, -0.25) is 0 Å². The fourth-order valence-corrected chi connectivity index (χ4v) is 1.80. The molecule has 0 aromatic heterocycles. The zero-order valence-electron chi connectivity index (χ0n) is 14.9. The van der Waals surface area contributed by atoms with E-state index in [-0.39, 0.29) is 36.0 Å². The molecule has 0 aliphatic heterocycles. The minimum atomic E-state index is -1.13. The zero-order chi connectivity index (χ0) is 18.3. The minimum absolute atomic E-state index is 0. The van der Waals surface area contributed by atoms with Crippen molar-refractivity contribution in [1.82, 2.24) is 0 Å². The number of aliphatic hydroxyl groups is 2. The third-order valence-electron chi connectivity index (χ3n) is 3.05. The van der Waals surface area contributed by atoms with E-state index in [2.05, 4.69) is 23.7 Å². The van der Waals surface area contributed by atoms with Gasteiger partial charge in [-0.25, -0.2) is 0 Å². The van der Waals surface area contributed by atoms with Gasteiger partial charge in [-0.1, -0.05) is 60.1 Å². The number of aliphatic carboxylic acids is 1. The van der Waals surface area contributed by atoms with Crippen LogP contribution in [-0.4, -0.2) is 28.4 Å². The zero-order valence-corrected chi connectivity index (χ0v) is 16.9. The predicted octanol–water partition coefficient (Wildman–Crippen LogP) is -1.81. The minimum Gasteiger partial charge on any atom is -0.550 e. The first-order valence-electron chi connectivity index (χ1n) is 8.02. The average molecular weight is 360 g/mol. The van der Waals surface area contributed by atoms with E-state index in [1.807, 2.05) is 30.3 Å². The molecule has 0 saturated heterocycles. The second kappa shape index (κ2) is 15.5. The molecule has 0 fully saturated rings. The molecule has 0 spiro atoms. The van der Waals surface area contributed by atoms with Crippen molar-refractivity contribution < 1.29 is 49.7 Å². The van der Waals surface area contributed by atoms with Crippen LogP contribution in [0.15, 0.2) is 54.6 Å². The molecule has 5 heteroatoms. The summed E-state index contributed by atoms with van der Waals surface area (Å²) in [5, 5.41) is 29.5. The maximum Gasteiger partial charge on any atom is 1.00 e. The summed E-state index contributed by atoms with van der Waals surface area (Å²) < 4.78 is 0. The van der Waals surface area contributed by atoms with E-state index >= 15 is 0 Å². The van der Waals surface area contributed by atoms with Gasteiger partial charge in [-0.2, -0.15) is 0 Å². The molecular weight excluding hydrogens is 339 g/mol. The van der Waals surface area contributed by atoms with Crippen molar-refractivity contribution in [3.63, 3.8) is 0 Å². The van der Waals surface area contributed by atoms with Crippen molar-refractivity contribution in [2.75, 3.05) is 0 Å². The van der Waals surface area contributed by atoms with Crippen LogP contribution >= 0.6 is 0 Å². The molecule has 1 aromatic carbocycles. The molecule has 4 nitrogen and oxygen atoms in total. The van der Waals surface area contributed by atoms with Crippen LogP contribution in [-0.2, 0) is 4.79 Å². The van der Waals surface area contributed by atoms with E-state index in [1.165, 1.54) is 0 Å². The van der Waals surface area contributed by atoms with Crippen LogP contribution in [0.25, 0.3) is 0 Å². The number of hydrogen-bond donors (Lipinski definition) is 2. The Hall–Kier alpha value is -1.79. The van der Waals surface area contributed by atoms with E-state index in [9.17, 15) is 20.1 Å². The second-order valence-electron chi connectivity index (χ2n) is 5.25. The van der Waals surface area contributed by atoms with Crippen LogP contribution in [0.1, 0.15) is 31.2 Å². The number of hydrogen-bond acceptors (Lipinski definition) is 4. The molecule has 1 aromatic rings. The van der Waals surface area contributed by atoms with E-state index in [1.54, 1.807) is 24.3 Å². The van der Waals surface area contributed by atoms with Gasteiger partial charge in [0.2, 0.25) is 0 Å². The molecule has 0 aliphatic rings. The summed E-state index contributed by atoms with van der Waals surface area (Å²) in [6, 6.07) is 9.55. The molecular formula is C21H21NaO4. The third kappa shape index (κ3) is 13.5. The smallest absolute Gasteiger partial charge is 0.550 e. The molecule has 0 amide bonds. The maximum atomic E-state index is 10.2. The average Bonchev–Trinajstić information content (AvgIpc) is 2.58. The summed E-state index contributed by atoms with van der Waals surface area (Å²) in [5.41, 5.74) is 0.909. The molecule has 0 radical (unpaired) electrons. The monoisotopic (exact) mass is 360 g/mol. The topological polar surface area (TPSA) is 80.6 Å². The fraction of sp³-hybridized carbons (Fsp3) is 0.286. The van der Waals surface area contributed by atoms with Crippen LogP contribution in [0, 0.1) is 23.7 Å². The van der Waals surface area contributed by atoms with Crippen LogP contribution in [0.4, 0.5) is 0 Å². The molecule has 130 valence electrons. The van der Waals surface area contributed by atoms with Crippen molar-refractivity contribution in [2.24, 2.45) is 0 Å². The second-order valence-corrected chi connectivity index (χ2v) is 5.25. The van der Waals surface area contributed by atoms with Crippen molar-refractivity contribution in [2.45, 2.75) is 37.9 Å². The molecule has 0 bridgehead atoms. The van der Waals surface area contributed by atoms with Crippen LogP contribution in [0.2, 0.25) is 0 Å². The van der Waals surface area contributed by atoms with E-state index in [0.717, 1.165) is 5.56 Å². The predicted molar refractivity (Wildman–Crippen MR) is 94.9 cm³/mol. The van der Waals surface area contributed by atoms with Crippen LogP contribution in [0.3, 0.4) is 0 Å². The Morgan fingerprint density at radius 1 is 1.19 bits per heavy atom. The molecule has 0 aliphatic carbocycles. The number of carbonyl (C=O) groups excluding carboxylic acids is 1. The SMILES string of the molecule is O=C([O-])CCC[C@@H](O)C#C/C=C/C=C/[C@H](O)CC#Cc1ccccc1.[Na+]. The van der Waals surface area contributed by atoms with Gasteiger partial charge in [0.1, 0.15) is 6.10 Å². The summed E-state index contributed by atoms with van der Waals surface area (Å²) in [5.74, 6) is 10.00. The van der Waals surface area contributed by atoms with Crippen LogP contribution in [0.5, 0.6) is 0 Å². The van der Waals surface area contributed by atoms with E-state index < -0.39 is 18.2 Å². The Labute approximate surface area is 176 Å².